The van der Waals surface area contributed by atoms with Crippen LogP contribution in [0.4, 0.5) is 0 Å². The van der Waals surface area contributed by atoms with Gasteiger partial charge in [0.25, 0.3) is 0 Å². The van der Waals surface area contributed by atoms with E-state index in [1.54, 1.807) is 4.90 Å². The quantitative estimate of drug-likeness (QED) is 0.831. The van der Waals surface area contributed by atoms with Crippen molar-refractivity contribution < 1.29 is 14.7 Å². The number of hydrogen-bond donors (Lipinski definition) is 2. The molecule has 0 aliphatic carbocycles. The van der Waals surface area contributed by atoms with Crippen molar-refractivity contribution in [2.75, 3.05) is 20.1 Å². The number of carbonyl (C=O) groups excluding carboxylic acids is 1. The first-order valence-electron chi connectivity index (χ1n) is 8.34. The van der Waals surface area contributed by atoms with Crippen molar-refractivity contribution in [3.05, 3.63) is 52.8 Å². The summed E-state index contributed by atoms with van der Waals surface area (Å²) in [4.78, 5) is 27.4. The number of carbonyl (C=O) groups is 2. The molecule has 1 aromatic carbocycles. The summed E-state index contributed by atoms with van der Waals surface area (Å²) in [7, 11) is 1.81. The highest BCUT2D eigenvalue weighted by atomic mass is 16.4. The molecule has 1 aliphatic heterocycles. The van der Waals surface area contributed by atoms with Crippen LogP contribution in [0.2, 0.25) is 0 Å². The van der Waals surface area contributed by atoms with Gasteiger partial charge in [0.2, 0.25) is 5.91 Å². The molecule has 0 saturated carbocycles. The molecule has 2 aromatic rings. The molecule has 0 saturated heterocycles. The summed E-state index contributed by atoms with van der Waals surface area (Å²) in [6, 6.07) is 9.88. The third-order valence-corrected chi connectivity index (χ3v) is 4.55. The number of carboxylic acid groups (broad SMARTS) is 1. The van der Waals surface area contributed by atoms with E-state index in [0.29, 0.717) is 26.1 Å². The third-order valence-electron chi connectivity index (χ3n) is 4.55. The number of nitrogens with one attached hydrogen (secondary N) is 1. The predicted octanol–water partition coefficient (Wildman–Crippen LogP) is 1.51. The standard InChI is InChI=1S/C18H22N4O3/c1-21(11-13-5-3-2-4-6-13)16(23)8-10-22-9-7-15-14(12-22)17(18(24)25)20-19-15/h2-6H,7-12H2,1H3,(H,19,20)(H,24,25). The lowest BCUT2D eigenvalue weighted by Crippen LogP contribution is -2.35. The van der Waals surface area contributed by atoms with Crippen LogP contribution in [0, 0.1) is 0 Å². The summed E-state index contributed by atoms with van der Waals surface area (Å²) < 4.78 is 0. The van der Waals surface area contributed by atoms with E-state index in [2.05, 4.69) is 15.1 Å². The van der Waals surface area contributed by atoms with Crippen LogP contribution in [0.3, 0.4) is 0 Å². The number of aromatic amines is 1. The molecule has 0 fully saturated rings. The molecule has 7 nitrogen and oxygen atoms in total. The Kier molecular flexibility index (Phi) is 5.14. The van der Waals surface area contributed by atoms with Crippen LogP contribution >= 0.6 is 0 Å². The van der Waals surface area contributed by atoms with E-state index in [9.17, 15) is 14.7 Å². The zero-order chi connectivity index (χ0) is 17.8. The van der Waals surface area contributed by atoms with Gasteiger partial charge in [0.1, 0.15) is 0 Å². The van der Waals surface area contributed by atoms with E-state index in [4.69, 9.17) is 0 Å². The van der Waals surface area contributed by atoms with Crippen molar-refractivity contribution >= 4 is 11.9 Å². The molecule has 0 radical (unpaired) electrons. The maximum absolute atomic E-state index is 12.3. The van der Waals surface area contributed by atoms with Crippen LogP contribution in [0.15, 0.2) is 30.3 Å². The van der Waals surface area contributed by atoms with Crippen molar-refractivity contribution in [2.45, 2.75) is 25.9 Å². The molecule has 0 bridgehead atoms. The van der Waals surface area contributed by atoms with Crippen LogP contribution in [-0.4, -0.2) is 57.1 Å². The lowest BCUT2D eigenvalue weighted by molar-refractivity contribution is -0.130. The van der Waals surface area contributed by atoms with Gasteiger partial charge in [0.15, 0.2) is 5.69 Å². The Morgan fingerprint density at radius 3 is 2.80 bits per heavy atom. The van der Waals surface area contributed by atoms with E-state index < -0.39 is 5.97 Å². The number of fused-ring (bicyclic) bond motifs is 1. The summed E-state index contributed by atoms with van der Waals surface area (Å²) >= 11 is 0. The Balaban J connectivity index is 1.52. The summed E-state index contributed by atoms with van der Waals surface area (Å²) in [5.41, 5.74) is 2.82. The minimum absolute atomic E-state index is 0.0836. The number of nitrogens with zero attached hydrogens (tertiary/aromatic N) is 3. The fraction of sp³-hybridized carbons (Fsp3) is 0.389. The SMILES string of the molecule is CN(Cc1ccccc1)C(=O)CCN1CCc2[nH]nc(C(=O)O)c2C1. The molecule has 1 amide bonds. The zero-order valence-electron chi connectivity index (χ0n) is 14.2. The number of aromatic nitrogens is 2. The largest absolute Gasteiger partial charge is 0.476 e. The number of hydrogen-bond acceptors (Lipinski definition) is 4. The molecule has 0 atom stereocenters. The monoisotopic (exact) mass is 342 g/mol. The van der Waals surface area contributed by atoms with Crippen LogP contribution < -0.4 is 0 Å². The Morgan fingerprint density at radius 1 is 1.32 bits per heavy atom. The fourth-order valence-corrected chi connectivity index (χ4v) is 3.11. The van der Waals surface area contributed by atoms with E-state index in [-0.39, 0.29) is 11.6 Å². The second-order valence-electron chi connectivity index (χ2n) is 6.35. The maximum atomic E-state index is 12.3. The molecule has 2 heterocycles. The van der Waals surface area contributed by atoms with Crippen molar-refractivity contribution in [1.82, 2.24) is 20.0 Å². The minimum Gasteiger partial charge on any atom is -0.476 e. The van der Waals surface area contributed by atoms with Crippen molar-refractivity contribution in [3.8, 4) is 0 Å². The molecule has 0 spiro atoms. The zero-order valence-corrected chi connectivity index (χ0v) is 14.2. The Morgan fingerprint density at radius 2 is 2.08 bits per heavy atom. The highest BCUT2D eigenvalue weighted by Gasteiger charge is 2.25. The molecule has 132 valence electrons. The number of carboxylic acids is 1. The maximum Gasteiger partial charge on any atom is 0.356 e. The van der Waals surface area contributed by atoms with Crippen LogP contribution in [-0.2, 0) is 24.3 Å². The number of H-pyrrole nitrogens is 1. The molecule has 0 unspecified atom stereocenters. The van der Waals surface area contributed by atoms with Gasteiger partial charge in [-0.3, -0.25) is 14.8 Å². The van der Waals surface area contributed by atoms with Gasteiger partial charge < -0.3 is 10.0 Å². The molecule has 2 N–H and O–H groups in total. The van der Waals surface area contributed by atoms with Gasteiger partial charge in [-0.15, -0.1) is 0 Å². The minimum atomic E-state index is -1.02. The molecule has 1 aromatic heterocycles. The lowest BCUT2D eigenvalue weighted by atomic mass is 10.1. The highest BCUT2D eigenvalue weighted by Crippen LogP contribution is 2.20. The first-order chi connectivity index (χ1) is 12.0. The van der Waals surface area contributed by atoms with E-state index in [1.165, 1.54) is 0 Å². The van der Waals surface area contributed by atoms with Gasteiger partial charge in [-0.2, -0.15) is 5.10 Å². The molecule has 25 heavy (non-hydrogen) atoms. The first-order valence-corrected chi connectivity index (χ1v) is 8.34. The smallest absolute Gasteiger partial charge is 0.356 e. The fourth-order valence-electron chi connectivity index (χ4n) is 3.11. The van der Waals surface area contributed by atoms with E-state index in [0.717, 1.165) is 29.8 Å². The molecule has 3 rings (SSSR count). The summed E-state index contributed by atoms with van der Waals surface area (Å²) in [6.45, 7) is 2.52. The second kappa shape index (κ2) is 7.48. The van der Waals surface area contributed by atoms with E-state index >= 15 is 0 Å². The average molecular weight is 342 g/mol. The second-order valence-corrected chi connectivity index (χ2v) is 6.35. The molecular formula is C18H22N4O3. The number of benzene rings is 1. The van der Waals surface area contributed by atoms with Gasteiger partial charge in [-0.05, 0) is 5.56 Å². The third kappa shape index (κ3) is 4.06. The number of amides is 1. The van der Waals surface area contributed by atoms with Crippen LogP contribution in [0.1, 0.15) is 33.7 Å². The first kappa shape index (κ1) is 17.2. The van der Waals surface area contributed by atoms with Crippen molar-refractivity contribution in [2.24, 2.45) is 0 Å². The number of aromatic carboxylic acids is 1. The summed E-state index contributed by atoms with van der Waals surface area (Å²) in [5, 5.41) is 15.9. The Bertz CT molecular complexity index is 757. The van der Waals surface area contributed by atoms with Gasteiger partial charge in [-0.1, -0.05) is 30.3 Å². The topological polar surface area (TPSA) is 89.5 Å². The summed E-state index contributed by atoms with van der Waals surface area (Å²) in [5.74, 6) is -0.932. The molecule has 1 aliphatic rings. The van der Waals surface area contributed by atoms with Gasteiger partial charge in [0.05, 0.1) is 0 Å². The lowest BCUT2D eigenvalue weighted by Gasteiger charge is -2.27. The molecule has 7 heteroatoms. The number of rotatable bonds is 6. The van der Waals surface area contributed by atoms with Gasteiger partial charge in [-0.25, -0.2) is 4.79 Å². The summed E-state index contributed by atoms with van der Waals surface area (Å²) in [6.07, 6.45) is 1.14. The van der Waals surface area contributed by atoms with Gasteiger partial charge >= 0.3 is 5.97 Å². The predicted molar refractivity (Wildman–Crippen MR) is 92.1 cm³/mol. The molecular weight excluding hydrogens is 320 g/mol. The average Bonchev–Trinajstić information content (AvgIpc) is 3.04. The van der Waals surface area contributed by atoms with Crippen LogP contribution in [0.25, 0.3) is 0 Å². The van der Waals surface area contributed by atoms with Crippen LogP contribution in [0.5, 0.6) is 0 Å². The van der Waals surface area contributed by atoms with Crippen molar-refractivity contribution in [1.29, 1.82) is 0 Å². The Labute approximate surface area is 146 Å². The highest BCUT2D eigenvalue weighted by molar-refractivity contribution is 5.87. The Hall–Kier alpha value is -2.67. The normalized spacial score (nSPS) is 14.1. The van der Waals surface area contributed by atoms with Crippen molar-refractivity contribution in [3.63, 3.8) is 0 Å². The van der Waals surface area contributed by atoms with Gasteiger partial charge in [0, 0.05) is 57.3 Å². The van der Waals surface area contributed by atoms with E-state index in [1.807, 2.05) is 37.4 Å².